The van der Waals surface area contributed by atoms with Crippen molar-refractivity contribution >= 4 is 35.0 Å². The van der Waals surface area contributed by atoms with E-state index in [4.69, 9.17) is 4.74 Å². The van der Waals surface area contributed by atoms with Gasteiger partial charge in [-0.15, -0.1) is 0 Å². The summed E-state index contributed by atoms with van der Waals surface area (Å²) in [6.07, 6.45) is 1.72. The van der Waals surface area contributed by atoms with Gasteiger partial charge in [0.15, 0.2) is 0 Å². The van der Waals surface area contributed by atoms with Gasteiger partial charge in [0, 0.05) is 17.1 Å². The molecule has 8 heteroatoms. The predicted molar refractivity (Wildman–Crippen MR) is 134 cm³/mol. The number of esters is 1. The third-order valence-corrected chi connectivity index (χ3v) is 6.96. The van der Waals surface area contributed by atoms with E-state index in [2.05, 4.69) is 6.07 Å². The second-order valence-corrected chi connectivity index (χ2v) is 9.13. The van der Waals surface area contributed by atoms with Crippen LogP contribution in [0.1, 0.15) is 44.0 Å². The molecular formula is C27H23N3O4S. The van der Waals surface area contributed by atoms with Crippen LogP contribution in [0.15, 0.2) is 53.4 Å². The fraction of sp³-hybridized carbons (Fsp3) is 0.185. The summed E-state index contributed by atoms with van der Waals surface area (Å²) in [5.74, 6) is -0.792. The Kier molecular flexibility index (Phi) is 6.63. The molecule has 0 N–H and O–H groups in total. The molecule has 0 radical (unpaired) electrons. The lowest BCUT2D eigenvalue weighted by Crippen LogP contribution is -2.27. The summed E-state index contributed by atoms with van der Waals surface area (Å²) in [6.45, 7) is 5.78. The standard InChI is InChI=1S/C27H23N3O4S/c1-16-12-21(18(3)30(16)23-11-7-10-22(17(23)2)26(32)34-4)13-24-25(31)29(27(33)35-24)15-20-9-6-5-8-19(20)14-28/h5-13H,15H2,1-4H3/b24-13+. The summed E-state index contributed by atoms with van der Waals surface area (Å²) in [7, 11) is 1.35. The number of carbonyl (C=O) groups is 3. The molecule has 1 aromatic heterocycles. The quantitative estimate of drug-likeness (QED) is 0.360. The Balaban J connectivity index is 1.68. The third-order valence-electron chi connectivity index (χ3n) is 6.05. The van der Waals surface area contributed by atoms with E-state index in [0.29, 0.717) is 21.6 Å². The number of ether oxygens (including phenoxy) is 1. The van der Waals surface area contributed by atoms with Crippen LogP contribution < -0.4 is 0 Å². The summed E-state index contributed by atoms with van der Waals surface area (Å²) in [4.78, 5) is 39.4. The lowest BCUT2D eigenvalue weighted by molar-refractivity contribution is -0.123. The molecule has 4 rings (SSSR count). The molecule has 0 saturated carbocycles. The first kappa shape index (κ1) is 24.0. The Bertz CT molecular complexity index is 1450. The summed E-state index contributed by atoms with van der Waals surface area (Å²) in [5.41, 5.74) is 5.75. The molecule has 176 valence electrons. The zero-order valence-electron chi connectivity index (χ0n) is 19.8. The van der Waals surface area contributed by atoms with E-state index in [9.17, 15) is 19.6 Å². The molecule has 2 aromatic carbocycles. The lowest BCUT2D eigenvalue weighted by atomic mass is 10.1. The number of thioether (sulfide) groups is 1. The van der Waals surface area contributed by atoms with Gasteiger partial charge in [-0.3, -0.25) is 14.5 Å². The van der Waals surface area contributed by atoms with E-state index in [-0.39, 0.29) is 17.7 Å². The minimum atomic E-state index is -0.404. The monoisotopic (exact) mass is 485 g/mol. The van der Waals surface area contributed by atoms with Gasteiger partial charge in [0.1, 0.15) is 0 Å². The molecular weight excluding hydrogens is 462 g/mol. The summed E-state index contributed by atoms with van der Waals surface area (Å²) >= 11 is 0.887. The minimum Gasteiger partial charge on any atom is -0.465 e. The van der Waals surface area contributed by atoms with Gasteiger partial charge < -0.3 is 9.30 Å². The van der Waals surface area contributed by atoms with Crippen molar-refractivity contribution in [1.82, 2.24) is 9.47 Å². The van der Waals surface area contributed by atoms with E-state index < -0.39 is 5.97 Å². The topological polar surface area (TPSA) is 92.4 Å². The Labute approximate surface area is 207 Å². The molecule has 0 unspecified atom stereocenters. The summed E-state index contributed by atoms with van der Waals surface area (Å²) in [6, 6.07) is 16.4. The van der Waals surface area contributed by atoms with Crippen molar-refractivity contribution in [3.05, 3.63) is 92.6 Å². The van der Waals surface area contributed by atoms with Gasteiger partial charge in [-0.05, 0) is 79.6 Å². The first-order chi connectivity index (χ1) is 16.8. The number of aromatic nitrogens is 1. The molecule has 3 aromatic rings. The van der Waals surface area contributed by atoms with Gasteiger partial charge in [-0.2, -0.15) is 5.26 Å². The molecule has 7 nitrogen and oxygen atoms in total. The second-order valence-electron chi connectivity index (χ2n) is 8.14. The highest BCUT2D eigenvalue weighted by Crippen LogP contribution is 2.35. The highest BCUT2D eigenvalue weighted by Gasteiger charge is 2.35. The number of benzene rings is 2. The zero-order valence-corrected chi connectivity index (χ0v) is 20.6. The first-order valence-corrected chi connectivity index (χ1v) is 11.7. The Morgan fingerprint density at radius 1 is 1.11 bits per heavy atom. The molecule has 1 aliphatic rings. The van der Waals surface area contributed by atoms with Gasteiger partial charge in [0.05, 0.1) is 35.8 Å². The minimum absolute atomic E-state index is 0.0459. The van der Waals surface area contributed by atoms with E-state index in [1.165, 1.54) is 7.11 Å². The van der Waals surface area contributed by atoms with Crippen LogP contribution in [0.3, 0.4) is 0 Å². The van der Waals surface area contributed by atoms with E-state index >= 15 is 0 Å². The Hall–Kier alpha value is -4.09. The molecule has 2 amide bonds. The molecule has 1 saturated heterocycles. The number of imide groups is 1. The van der Waals surface area contributed by atoms with Crippen molar-refractivity contribution in [2.24, 2.45) is 0 Å². The van der Waals surface area contributed by atoms with Gasteiger partial charge in [-0.25, -0.2) is 4.79 Å². The van der Waals surface area contributed by atoms with E-state index in [1.807, 2.05) is 37.5 Å². The van der Waals surface area contributed by atoms with E-state index in [0.717, 1.165) is 44.9 Å². The van der Waals surface area contributed by atoms with Crippen molar-refractivity contribution in [2.75, 3.05) is 7.11 Å². The number of hydrogen-bond donors (Lipinski definition) is 0. The van der Waals surface area contributed by atoms with Crippen LogP contribution in [-0.2, 0) is 16.1 Å². The van der Waals surface area contributed by atoms with Crippen molar-refractivity contribution in [3.63, 3.8) is 0 Å². The molecule has 0 aliphatic carbocycles. The maximum Gasteiger partial charge on any atom is 0.338 e. The predicted octanol–water partition coefficient (Wildman–Crippen LogP) is 5.30. The van der Waals surface area contributed by atoms with Gasteiger partial charge in [-0.1, -0.05) is 24.3 Å². The maximum atomic E-state index is 13.1. The Morgan fingerprint density at radius 2 is 1.86 bits per heavy atom. The highest BCUT2D eigenvalue weighted by atomic mass is 32.2. The molecule has 0 bridgehead atoms. The van der Waals surface area contributed by atoms with Crippen LogP contribution >= 0.6 is 11.8 Å². The molecule has 2 heterocycles. The van der Waals surface area contributed by atoms with Crippen LogP contribution in [-0.4, -0.2) is 33.7 Å². The Morgan fingerprint density at radius 3 is 2.57 bits per heavy atom. The van der Waals surface area contributed by atoms with Crippen molar-refractivity contribution in [1.29, 1.82) is 5.26 Å². The lowest BCUT2D eigenvalue weighted by Gasteiger charge is -2.15. The van der Waals surface area contributed by atoms with Gasteiger partial charge in [0.25, 0.3) is 11.1 Å². The second kappa shape index (κ2) is 9.65. The average Bonchev–Trinajstić information content (AvgIpc) is 3.28. The maximum absolute atomic E-state index is 13.1. The van der Waals surface area contributed by atoms with Gasteiger partial charge >= 0.3 is 5.97 Å². The van der Waals surface area contributed by atoms with Crippen LogP contribution in [0.2, 0.25) is 0 Å². The fourth-order valence-electron chi connectivity index (χ4n) is 4.22. The van der Waals surface area contributed by atoms with Crippen molar-refractivity contribution in [3.8, 4) is 11.8 Å². The largest absolute Gasteiger partial charge is 0.465 e. The SMILES string of the molecule is COC(=O)c1cccc(-n2c(C)cc(/C=C3/SC(=O)N(Cc4ccccc4C#N)C3=O)c2C)c1C. The van der Waals surface area contributed by atoms with Gasteiger partial charge in [0.2, 0.25) is 0 Å². The number of rotatable bonds is 5. The molecule has 35 heavy (non-hydrogen) atoms. The number of carbonyl (C=O) groups excluding carboxylic acids is 3. The number of amides is 2. The third kappa shape index (κ3) is 4.38. The molecule has 1 fully saturated rings. The number of methoxy groups -OCH3 is 1. The van der Waals surface area contributed by atoms with Crippen molar-refractivity contribution < 1.29 is 19.1 Å². The van der Waals surface area contributed by atoms with Crippen LogP contribution in [0, 0.1) is 32.1 Å². The van der Waals surface area contributed by atoms with Crippen LogP contribution in [0.25, 0.3) is 11.8 Å². The summed E-state index contributed by atoms with van der Waals surface area (Å²) in [5, 5.41) is 8.95. The average molecular weight is 486 g/mol. The van der Waals surface area contributed by atoms with Crippen molar-refractivity contribution in [2.45, 2.75) is 27.3 Å². The number of hydrogen-bond acceptors (Lipinski definition) is 6. The van der Waals surface area contributed by atoms with Crippen LogP contribution in [0.4, 0.5) is 4.79 Å². The number of nitrogens with zero attached hydrogens (tertiary/aromatic N) is 3. The molecule has 1 aliphatic heterocycles. The smallest absolute Gasteiger partial charge is 0.338 e. The first-order valence-electron chi connectivity index (χ1n) is 10.9. The normalized spacial score (nSPS) is 14.5. The van der Waals surface area contributed by atoms with E-state index in [1.54, 1.807) is 42.5 Å². The molecule has 0 spiro atoms. The fourth-order valence-corrected chi connectivity index (χ4v) is 5.05. The zero-order chi connectivity index (χ0) is 25.3. The number of aryl methyl sites for hydroxylation is 1. The number of nitriles is 1. The van der Waals surface area contributed by atoms with Crippen LogP contribution in [0.5, 0.6) is 0 Å². The highest BCUT2D eigenvalue weighted by molar-refractivity contribution is 8.18. The summed E-state index contributed by atoms with van der Waals surface area (Å²) < 4.78 is 6.91. The molecule has 0 atom stereocenters.